The minimum atomic E-state index is -0.542. The normalized spacial score (nSPS) is 14.2. The van der Waals surface area contributed by atoms with Gasteiger partial charge in [0.2, 0.25) is 6.04 Å². The Morgan fingerprint density at radius 3 is 2.38 bits per heavy atom. The van der Waals surface area contributed by atoms with E-state index in [4.69, 9.17) is 0 Å². The Hall–Kier alpha value is -0.860. The number of rotatable bonds is 2. The number of nitro groups is 1. The molecular formula is C5H9NO2. The Labute approximate surface area is 48.2 Å². The van der Waals surface area contributed by atoms with E-state index in [0.29, 0.717) is 0 Å². The summed E-state index contributed by atoms with van der Waals surface area (Å²) in [5.41, 5.74) is 0. The molecule has 0 aliphatic heterocycles. The molecule has 0 amide bonds. The molecule has 0 N–H and O–H groups in total. The summed E-state index contributed by atoms with van der Waals surface area (Å²) in [5, 5.41) is 9.84. The van der Waals surface area contributed by atoms with Gasteiger partial charge in [-0.2, -0.15) is 0 Å². The third-order valence-corrected chi connectivity index (χ3v) is 0.804. The second-order valence-corrected chi connectivity index (χ2v) is 1.55. The lowest BCUT2D eigenvalue weighted by atomic mass is 10.3. The summed E-state index contributed by atoms with van der Waals surface area (Å²) in [4.78, 5) is 9.51. The van der Waals surface area contributed by atoms with Gasteiger partial charge in [-0.25, -0.2) is 0 Å². The first-order valence-corrected chi connectivity index (χ1v) is 2.44. The standard InChI is InChI=1S/C5H9NO2/c1-3-4-5(2)6(7)8/h3-5H,1-2H3/b4-3-/t5-/m1/s1. The van der Waals surface area contributed by atoms with Gasteiger partial charge in [0.15, 0.2) is 0 Å². The lowest BCUT2D eigenvalue weighted by Crippen LogP contribution is -2.10. The van der Waals surface area contributed by atoms with Crippen LogP contribution in [0.25, 0.3) is 0 Å². The van der Waals surface area contributed by atoms with Crippen LogP contribution in [0.2, 0.25) is 0 Å². The van der Waals surface area contributed by atoms with Crippen LogP contribution in [0.1, 0.15) is 13.8 Å². The summed E-state index contributed by atoms with van der Waals surface area (Å²) in [6, 6.07) is -0.542. The summed E-state index contributed by atoms with van der Waals surface area (Å²) in [6.07, 6.45) is 3.22. The lowest BCUT2D eigenvalue weighted by molar-refractivity contribution is -0.504. The Kier molecular flexibility index (Phi) is 2.84. The molecule has 1 atom stereocenters. The van der Waals surface area contributed by atoms with Crippen LogP contribution in [-0.4, -0.2) is 11.0 Å². The molecule has 0 aromatic carbocycles. The number of hydrogen-bond donors (Lipinski definition) is 0. The maximum Gasteiger partial charge on any atom is 0.228 e. The van der Waals surface area contributed by atoms with Gasteiger partial charge in [-0.05, 0) is 13.0 Å². The molecule has 0 saturated heterocycles. The van der Waals surface area contributed by atoms with Gasteiger partial charge in [-0.3, -0.25) is 10.1 Å². The van der Waals surface area contributed by atoms with E-state index in [2.05, 4.69) is 0 Å². The van der Waals surface area contributed by atoms with Gasteiger partial charge >= 0.3 is 0 Å². The first-order chi connectivity index (χ1) is 3.68. The average molecular weight is 115 g/mol. The highest BCUT2D eigenvalue weighted by atomic mass is 16.6. The molecule has 0 fully saturated rings. The first-order valence-electron chi connectivity index (χ1n) is 2.44. The summed E-state index contributed by atoms with van der Waals surface area (Å²) < 4.78 is 0. The smallest absolute Gasteiger partial charge is 0.228 e. The van der Waals surface area contributed by atoms with Gasteiger partial charge in [0.05, 0.1) is 0 Å². The fraction of sp³-hybridized carbons (Fsp3) is 0.600. The molecule has 0 heterocycles. The summed E-state index contributed by atoms with van der Waals surface area (Å²) in [7, 11) is 0. The molecule has 0 aliphatic rings. The van der Waals surface area contributed by atoms with Gasteiger partial charge in [0.1, 0.15) is 0 Å². The molecule has 0 unspecified atom stereocenters. The fourth-order valence-corrected chi connectivity index (χ4v) is 0.349. The van der Waals surface area contributed by atoms with Crippen LogP contribution in [0.5, 0.6) is 0 Å². The highest BCUT2D eigenvalue weighted by molar-refractivity contribution is 4.82. The van der Waals surface area contributed by atoms with E-state index in [1.54, 1.807) is 26.0 Å². The minimum absolute atomic E-state index is 0.333. The van der Waals surface area contributed by atoms with Crippen molar-refractivity contribution >= 4 is 0 Å². The molecule has 0 bridgehead atoms. The van der Waals surface area contributed by atoms with Gasteiger partial charge < -0.3 is 0 Å². The van der Waals surface area contributed by atoms with Crippen molar-refractivity contribution < 1.29 is 4.92 Å². The van der Waals surface area contributed by atoms with E-state index in [9.17, 15) is 10.1 Å². The Bertz CT molecular complexity index is 109. The molecule has 46 valence electrons. The number of nitrogens with zero attached hydrogens (tertiary/aromatic N) is 1. The predicted molar refractivity (Wildman–Crippen MR) is 31.3 cm³/mol. The SMILES string of the molecule is C/C=C\[C@@H](C)[N+](=O)[O-]. The fourth-order valence-electron chi connectivity index (χ4n) is 0.349. The second kappa shape index (κ2) is 3.18. The summed E-state index contributed by atoms with van der Waals surface area (Å²) in [5.74, 6) is 0. The summed E-state index contributed by atoms with van der Waals surface area (Å²) in [6.45, 7) is 3.31. The van der Waals surface area contributed by atoms with Crippen LogP contribution in [0, 0.1) is 10.1 Å². The van der Waals surface area contributed by atoms with Crippen molar-refractivity contribution in [1.82, 2.24) is 0 Å². The van der Waals surface area contributed by atoms with Crippen molar-refractivity contribution in [3.63, 3.8) is 0 Å². The Morgan fingerprint density at radius 2 is 2.25 bits per heavy atom. The minimum Gasteiger partial charge on any atom is -0.264 e. The zero-order valence-electron chi connectivity index (χ0n) is 5.00. The molecular weight excluding hydrogens is 106 g/mol. The van der Waals surface area contributed by atoms with E-state index in [1.807, 2.05) is 0 Å². The van der Waals surface area contributed by atoms with E-state index >= 15 is 0 Å². The molecule has 0 aliphatic carbocycles. The lowest BCUT2D eigenvalue weighted by Gasteiger charge is -1.92. The number of allylic oxidation sites excluding steroid dienone is 1. The predicted octanol–water partition coefficient (Wildman–Crippen LogP) is 1.23. The average Bonchev–Trinajstić information content (AvgIpc) is 1.67. The van der Waals surface area contributed by atoms with Gasteiger partial charge in [-0.15, -0.1) is 0 Å². The summed E-state index contributed by atoms with van der Waals surface area (Å²) >= 11 is 0. The van der Waals surface area contributed by atoms with Crippen LogP contribution in [0.3, 0.4) is 0 Å². The third kappa shape index (κ3) is 2.34. The highest BCUT2D eigenvalue weighted by Crippen LogP contribution is 1.88. The topological polar surface area (TPSA) is 43.1 Å². The van der Waals surface area contributed by atoms with Gasteiger partial charge in [0, 0.05) is 11.8 Å². The maximum atomic E-state index is 9.84. The highest BCUT2D eigenvalue weighted by Gasteiger charge is 2.04. The largest absolute Gasteiger partial charge is 0.264 e. The monoisotopic (exact) mass is 115 g/mol. The molecule has 0 aromatic rings. The van der Waals surface area contributed by atoms with Gasteiger partial charge in [0.25, 0.3) is 0 Å². The molecule has 0 saturated carbocycles. The van der Waals surface area contributed by atoms with Crippen molar-refractivity contribution in [3.8, 4) is 0 Å². The molecule has 3 heteroatoms. The molecule has 8 heavy (non-hydrogen) atoms. The first kappa shape index (κ1) is 7.14. The van der Waals surface area contributed by atoms with Crippen molar-refractivity contribution in [1.29, 1.82) is 0 Å². The van der Waals surface area contributed by atoms with Crippen LogP contribution in [0.15, 0.2) is 12.2 Å². The van der Waals surface area contributed by atoms with E-state index in [-0.39, 0.29) is 4.92 Å². The van der Waals surface area contributed by atoms with Crippen molar-refractivity contribution in [2.24, 2.45) is 0 Å². The Morgan fingerprint density at radius 1 is 1.75 bits per heavy atom. The van der Waals surface area contributed by atoms with E-state index in [1.165, 1.54) is 0 Å². The maximum absolute atomic E-state index is 9.84. The van der Waals surface area contributed by atoms with Crippen LogP contribution < -0.4 is 0 Å². The zero-order chi connectivity index (χ0) is 6.57. The van der Waals surface area contributed by atoms with E-state index < -0.39 is 6.04 Å². The van der Waals surface area contributed by atoms with Gasteiger partial charge in [-0.1, -0.05) is 6.08 Å². The molecule has 3 nitrogen and oxygen atoms in total. The Balaban J connectivity index is 3.64. The molecule has 0 radical (unpaired) electrons. The third-order valence-electron chi connectivity index (χ3n) is 0.804. The van der Waals surface area contributed by atoms with Crippen LogP contribution in [-0.2, 0) is 0 Å². The molecule has 0 spiro atoms. The quantitative estimate of drug-likeness (QED) is 0.308. The second-order valence-electron chi connectivity index (χ2n) is 1.55. The van der Waals surface area contributed by atoms with Crippen LogP contribution in [0.4, 0.5) is 0 Å². The van der Waals surface area contributed by atoms with Crippen molar-refractivity contribution in [2.45, 2.75) is 19.9 Å². The van der Waals surface area contributed by atoms with E-state index in [0.717, 1.165) is 0 Å². The van der Waals surface area contributed by atoms with Crippen molar-refractivity contribution in [2.75, 3.05) is 0 Å². The zero-order valence-corrected chi connectivity index (χ0v) is 5.00. The van der Waals surface area contributed by atoms with Crippen molar-refractivity contribution in [3.05, 3.63) is 22.3 Å². The number of hydrogen-bond acceptors (Lipinski definition) is 2. The molecule has 0 aromatic heterocycles. The van der Waals surface area contributed by atoms with Crippen LogP contribution >= 0.6 is 0 Å². The molecule has 0 rings (SSSR count).